The van der Waals surface area contributed by atoms with Crippen molar-refractivity contribution in [1.29, 1.82) is 0 Å². The van der Waals surface area contributed by atoms with E-state index in [0.717, 1.165) is 48.0 Å². The van der Waals surface area contributed by atoms with E-state index in [1.165, 1.54) is 31.2 Å². The number of ether oxygens (including phenoxy) is 1. The molecular weight excluding hydrogens is 406 g/mol. The van der Waals surface area contributed by atoms with Gasteiger partial charge in [0, 0.05) is 36.3 Å². The zero-order chi connectivity index (χ0) is 19.0. The van der Waals surface area contributed by atoms with E-state index in [-0.39, 0.29) is 5.69 Å². The van der Waals surface area contributed by atoms with E-state index >= 15 is 0 Å². The number of aromatic nitrogens is 2. The number of H-pyrrole nitrogens is 1. The molecule has 0 spiro atoms. The third-order valence-electron chi connectivity index (χ3n) is 6.42. The second-order valence-electron chi connectivity index (χ2n) is 8.07. The van der Waals surface area contributed by atoms with Gasteiger partial charge in [0.15, 0.2) is 0 Å². The molecule has 1 aliphatic heterocycles. The third kappa shape index (κ3) is 3.89. The van der Waals surface area contributed by atoms with E-state index in [9.17, 15) is 4.79 Å². The van der Waals surface area contributed by atoms with Crippen LogP contribution in [0.4, 0.5) is 0 Å². The number of piperidine rings is 1. The Kier molecular flexibility index (Phi) is 5.76. The van der Waals surface area contributed by atoms with Crippen molar-refractivity contribution in [2.24, 2.45) is 0 Å². The molecule has 1 saturated heterocycles. The molecule has 1 N–H and O–H groups in total. The number of nitrogens with zero attached hydrogens (tertiary/aromatic N) is 2. The molecule has 0 unspecified atom stereocenters. The molecule has 4 rings (SSSR count). The lowest BCUT2D eigenvalue weighted by Crippen LogP contribution is -2.45. The van der Waals surface area contributed by atoms with Gasteiger partial charge < -0.3 is 14.6 Å². The summed E-state index contributed by atoms with van der Waals surface area (Å²) in [5, 5.41) is 0. The smallest absolute Gasteiger partial charge is 0.326 e. The van der Waals surface area contributed by atoms with Gasteiger partial charge in [-0.1, -0.05) is 15.9 Å². The largest absolute Gasteiger partial charge is 0.379 e. The fourth-order valence-corrected chi connectivity index (χ4v) is 5.28. The zero-order valence-electron chi connectivity index (χ0n) is 16.3. The number of hydrogen-bond donors (Lipinski definition) is 1. The Hall–Kier alpha value is -1.11. The molecule has 2 aromatic rings. The van der Waals surface area contributed by atoms with Crippen molar-refractivity contribution in [2.75, 3.05) is 19.7 Å². The Morgan fingerprint density at radius 2 is 1.81 bits per heavy atom. The Morgan fingerprint density at radius 3 is 2.48 bits per heavy atom. The summed E-state index contributed by atoms with van der Waals surface area (Å²) >= 11 is 3.57. The summed E-state index contributed by atoms with van der Waals surface area (Å²) in [7, 11) is 0. The number of likely N-dealkylation sites (tertiary alicyclic amines) is 1. The highest BCUT2D eigenvalue weighted by molar-refractivity contribution is 9.10. The maximum Gasteiger partial charge on any atom is 0.326 e. The van der Waals surface area contributed by atoms with Gasteiger partial charge in [0.2, 0.25) is 0 Å². The fraction of sp³-hybridized carbons (Fsp3) is 0.667. The van der Waals surface area contributed by atoms with E-state index in [4.69, 9.17) is 4.74 Å². The zero-order valence-corrected chi connectivity index (χ0v) is 17.9. The molecule has 2 aliphatic rings. The molecule has 1 aromatic carbocycles. The van der Waals surface area contributed by atoms with Gasteiger partial charge in [-0.25, -0.2) is 4.79 Å². The van der Waals surface area contributed by atoms with Crippen LogP contribution in [-0.2, 0) is 4.74 Å². The lowest BCUT2D eigenvalue weighted by molar-refractivity contribution is 0.00796. The van der Waals surface area contributed by atoms with Crippen LogP contribution in [0.2, 0.25) is 0 Å². The summed E-state index contributed by atoms with van der Waals surface area (Å²) in [6.45, 7) is 7.17. The van der Waals surface area contributed by atoms with Crippen molar-refractivity contribution in [3.05, 3.63) is 32.7 Å². The van der Waals surface area contributed by atoms with Crippen molar-refractivity contribution in [3.63, 3.8) is 0 Å². The average molecular weight is 436 g/mol. The predicted molar refractivity (Wildman–Crippen MR) is 113 cm³/mol. The number of fused-ring (bicyclic) bond motifs is 1. The molecule has 1 aliphatic carbocycles. The van der Waals surface area contributed by atoms with Gasteiger partial charge in [-0.15, -0.1) is 0 Å². The average Bonchev–Trinajstić information content (AvgIpc) is 2.98. The first-order valence-electron chi connectivity index (χ1n) is 10.3. The van der Waals surface area contributed by atoms with E-state index in [1.807, 2.05) is 10.6 Å². The van der Waals surface area contributed by atoms with Crippen molar-refractivity contribution in [3.8, 4) is 0 Å². The molecule has 6 heteroatoms. The Bertz CT molecular complexity index is 843. The first-order valence-corrected chi connectivity index (χ1v) is 11.1. The van der Waals surface area contributed by atoms with Gasteiger partial charge in [-0.2, -0.15) is 0 Å². The molecule has 0 bridgehead atoms. The summed E-state index contributed by atoms with van der Waals surface area (Å²) in [5.41, 5.74) is 3.16. The molecule has 0 radical (unpaired) electrons. The molecule has 5 nitrogen and oxygen atoms in total. The first-order chi connectivity index (χ1) is 13.1. The molecule has 1 aromatic heterocycles. The van der Waals surface area contributed by atoms with Crippen LogP contribution in [0.1, 0.15) is 57.1 Å². The van der Waals surface area contributed by atoms with Crippen molar-refractivity contribution in [1.82, 2.24) is 14.5 Å². The van der Waals surface area contributed by atoms with Gasteiger partial charge in [0.1, 0.15) is 0 Å². The van der Waals surface area contributed by atoms with Crippen LogP contribution in [0, 0.1) is 6.92 Å². The second kappa shape index (κ2) is 8.10. The summed E-state index contributed by atoms with van der Waals surface area (Å²) in [6, 6.07) is 5.14. The third-order valence-corrected chi connectivity index (χ3v) is 7.28. The summed E-state index contributed by atoms with van der Waals surface area (Å²) in [5.74, 6) is 0. The van der Waals surface area contributed by atoms with Crippen LogP contribution in [0.3, 0.4) is 0 Å². The molecule has 0 amide bonds. The first kappa shape index (κ1) is 19.2. The number of imidazole rings is 1. The molecule has 1 saturated carbocycles. The Labute approximate surface area is 169 Å². The molecular formula is C21H30BrN3O2. The maximum atomic E-state index is 12.6. The van der Waals surface area contributed by atoms with Crippen LogP contribution < -0.4 is 5.69 Å². The number of rotatable bonds is 4. The Balaban J connectivity index is 1.43. The summed E-state index contributed by atoms with van der Waals surface area (Å²) in [6.07, 6.45) is 7.44. The van der Waals surface area contributed by atoms with Crippen molar-refractivity contribution in [2.45, 2.75) is 70.6 Å². The SMILES string of the molecule is CCOC1CCC(N2CCC(n3c(=O)[nH]c4cc(Br)c(C)cc43)CC2)CC1. The van der Waals surface area contributed by atoms with Crippen molar-refractivity contribution >= 4 is 27.0 Å². The summed E-state index contributed by atoms with van der Waals surface area (Å²) in [4.78, 5) is 18.3. The molecule has 27 heavy (non-hydrogen) atoms. The predicted octanol–water partition coefficient (Wildman–Crippen LogP) is 4.39. The highest BCUT2D eigenvalue weighted by Crippen LogP contribution is 2.31. The van der Waals surface area contributed by atoms with Gasteiger partial charge in [0.25, 0.3) is 0 Å². The molecule has 148 valence electrons. The lowest BCUT2D eigenvalue weighted by Gasteiger charge is -2.41. The van der Waals surface area contributed by atoms with Crippen LogP contribution in [0.25, 0.3) is 11.0 Å². The number of hydrogen-bond acceptors (Lipinski definition) is 3. The number of halogens is 1. The number of nitrogens with one attached hydrogen (secondary N) is 1. The van der Waals surface area contributed by atoms with Crippen LogP contribution in [0.15, 0.2) is 21.4 Å². The Morgan fingerprint density at radius 1 is 1.11 bits per heavy atom. The maximum absolute atomic E-state index is 12.6. The minimum Gasteiger partial charge on any atom is -0.379 e. The van der Waals surface area contributed by atoms with E-state index in [1.54, 1.807) is 0 Å². The minimum absolute atomic E-state index is 0.0261. The standard InChI is InChI=1S/C21H30BrN3O2/c1-3-27-17-6-4-15(5-7-17)24-10-8-16(9-11-24)25-20-12-14(2)18(22)13-19(20)23-21(25)26/h12-13,15-17H,3-11H2,1-2H3,(H,23,26). The van der Waals surface area contributed by atoms with Gasteiger partial charge in [-0.3, -0.25) is 4.57 Å². The van der Waals surface area contributed by atoms with Crippen molar-refractivity contribution < 1.29 is 4.74 Å². The lowest BCUT2D eigenvalue weighted by atomic mass is 9.90. The van der Waals surface area contributed by atoms with E-state index in [2.05, 4.69) is 45.7 Å². The highest BCUT2D eigenvalue weighted by Gasteiger charge is 2.30. The normalized spacial score (nSPS) is 25.3. The van der Waals surface area contributed by atoms with Crippen LogP contribution in [0.5, 0.6) is 0 Å². The molecule has 0 atom stereocenters. The topological polar surface area (TPSA) is 50.3 Å². The molecule has 2 fully saturated rings. The highest BCUT2D eigenvalue weighted by atomic mass is 79.9. The van der Waals surface area contributed by atoms with Gasteiger partial charge in [0.05, 0.1) is 17.1 Å². The monoisotopic (exact) mass is 435 g/mol. The quantitative estimate of drug-likeness (QED) is 0.774. The number of aryl methyl sites for hydroxylation is 1. The van der Waals surface area contributed by atoms with Gasteiger partial charge in [-0.05, 0) is 70.1 Å². The summed E-state index contributed by atoms with van der Waals surface area (Å²) < 4.78 is 8.83. The van der Waals surface area contributed by atoms with Crippen LogP contribution >= 0.6 is 15.9 Å². The second-order valence-corrected chi connectivity index (χ2v) is 8.93. The fourth-order valence-electron chi connectivity index (χ4n) is 4.93. The van der Waals surface area contributed by atoms with E-state index < -0.39 is 0 Å². The molecule has 2 heterocycles. The number of aromatic amines is 1. The minimum atomic E-state index is 0.0261. The van der Waals surface area contributed by atoms with Gasteiger partial charge >= 0.3 is 5.69 Å². The number of benzene rings is 1. The van der Waals surface area contributed by atoms with E-state index in [0.29, 0.717) is 18.2 Å². The van der Waals surface area contributed by atoms with Crippen LogP contribution in [-0.4, -0.2) is 46.3 Å².